The summed E-state index contributed by atoms with van der Waals surface area (Å²) < 4.78 is 50.7. The molecule has 2 rings (SSSR count). The van der Waals surface area contributed by atoms with Crippen molar-refractivity contribution >= 4 is 17.3 Å². The van der Waals surface area contributed by atoms with Gasteiger partial charge in [0.25, 0.3) is 0 Å². The van der Waals surface area contributed by atoms with E-state index < -0.39 is 24.6 Å². The van der Waals surface area contributed by atoms with E-state index in [2.05, 4.69) is 5.32 Å². The topological polar surface area (TPSA) is 32.3 Å². The third kappa shape index (κ3) is 4.11. The zero-order chi connectivity index (χ0) is 16.3. The fourth-order valence-electron chi connectivity index (χ4n) is 1.98. The van der Waals surface area contributed by atoms with E-state index in [0.29, 0.717) is 0 Å². The van der Waals surface area contributed by atoms with Gasteiger partial charge in [0.05, 0.1) is 0 Å². The summed E-state index contributed by atoms with van der Waals surface area (Å²) in [5.74, 6) is -0.656. The van der Waals surface area contributed by atoms with Gasteiger partial charge in [0.15, 0.2) is 0 Å². The molecule has 0 radical (unpaired) electrons. The normalized spacial score (nSPS) is 13.0. The van der Waals surface area contributed by atoms with Crippen LogP contribution in [-0.4, -0.2) is 17.8 Å². The third-order valence-electron chi connectivity index (χ3n) is 2.99. The number of hydrogen-bond acceptors (Lipinski definition) is 2. The van der Waals surface area contributed by atoms with E-state index in [1.165, 1.54) is 36.4 Å². The highest BCUT2D eigenvalue weighted by Gasteiger charge is 2.28. The van der Waals surface area contributed by atoms with Crippen LogP contribution in [0.4, 0.5) is 23.2 Å². The summed E-state index contributed by atoms with van der Waals surface area (Å²) in [7, 11) is 0. The SMILES string of the molecule is OC(c1ccccc1F)c1cc(Cl)ccc1NCC(F)(F)F. The predicted octanol–water partition coefficient (Wildman–Crippen LogP) is 4.54. The second kappa shape index (κ2) is 6.54. The third-order valence-corrected chi connectivity index (χ3v) is 3.22. The van der Waals surface area contributed by atoms with Gasteiger partial charge in [0.1, 0.15) is 18.5 Å². The molecule has 22 heavy (non-hydrogen) atoms. The summed E-state index contributed by atoms with van der Waals surface area (Å²) in [5, 5.41) is 12.7. The molecule has 0 heterocycles. The highest BCUT2D eigenvalue weighted by atomic mass is 35.5. The minimum atomic E-state index is -4.42. The van der Waals surface area contributed by atoms with Crippen molar-refractivity contribution in [3.05, 3.63) is 64.4 Å². The summed E-state index contributed by atoms with van der Waals surface area (Å²) in [6, 6.07) is 9.49. The van der Waals surface area contributed by atoms with Crippen molar-refractivity contribution in [2.24, 2.45) is 0 Å². The second-order valence-electron chi connectivity index (χ2n) is 4.62. The van der Waals surface area contributed by atoms with Crippen LogP contribution in [-0.2, 0) is 0 Å². The molecule has 1 unspecified atom stereocenters. The Morgan fingerprint density at radius 1 is 1.09 bits per heavy atom. The Bertz CT molecular complexity index is 660. The van der Waals surface area contributed by atoms with E-state index in [1.54, 1.807) is 0 Å². The van der Waals surface area contributed by atoms with Gasteiger partial charge in [0, 0.05) is 21.8 Å². The van der Waals surface area contributed by atoms with Crippen molar-refractivity contribution in [2.75, 3.05) is 11.9 Å². The molecule has 2 aromatic rings. The zero-order valence-electron chi connectivity index (χ0n) is 11.2. The molecule has 0 aliphatic heterocycles. The van der Waals surface area contributed by atoms with Crippen molar-refractivity contribution in [2.45, 2.75) is 12.3 Å². The van der Waals surface area contributed by atoms with E-state index in [1.807, 2.05) is 0 Å². The molecule has 0 fully saturated rings. The van der Waals surface area contributed by atoms with Gasteiger partial charge in [0.2, 0.25) is 0 Å². The number of benzene rings is 2. The summed E-state index contributed by atoms with van der Waals surface area (Å²) in [5.41, 5.74) is 0.0687. The molecule has 2 nitrogen and oxygen atoms in total. The summed E-state index contributed by atoms with van der Waals surface area (Å²) in [6.07, 6.45) is -5.85. The standard InChI is InChI=1S/C15H12ClF4NO/c16-9-5-6-13(21-8-15(18,19)20)11(7-9)14(22)10-3-1-2-4-12(10)17/h1-7,14,21-22H,8H2. The van der Waals surface area contributed by atoms with Crippen molar-refractivity contribution in [3.8, 4) is 0 Å². The number of aliphatic hydroxyl groups is 1. The molecule has 0 aromatic heterocycles. The van der Waals surface area contributed by atoms with Crippen LogP contribution < -0.4 is 5.32 Å². The first-order chi connectivity index (χ1) is 10.3. The van der Waals surface area contributed by atoms with E-state index >= 15 is 0 Å². The van der Waals surface area contributed by atoms with Crippen LogP contribution in [0.25, 0.3) is 0 Å². The van der Waals surface area contributed by atoms with Crippen LogP contribution in [0.1, 0.15) is 17.2 Å². The number of halogens is 5. The Balaban J connectivity index is 2.36. The van der Waals surface area contributed by atoms with Crippen molar-refractivity contribution in [3.63, 3.8) is 0 Å². The maximum absolute atomic E-state index is 13.7. The molecule has 7 heteroatoms. The lowest BCUT2D eigenvalue weighted by atomic mass is 9.99. The van der Waals surface area contributed by atoms with Crippen LogP contribution in [0, 0.1) is 5.82 Å². The molecule has 0 amide bonds. The number of alkyl halides is 3. The van der Waals surface area contributed by atoms with Gasteiger partial charge in [-0.15, -0.1) is 0 Å². The Kier molecular flexibility index (Phi) is 4.93. The molecule has 118 valence electrons. The molecule has 0 spiro atoms. The fourth-order valence-corrected chi connectivity index (χ4v) is 2.16. The van der Waals surface area contributed by atoms with E-state index in [-0.39, 0.29) is 21.8 Å². The number of rotatable bonds is 4. The van der Waals surface area contributed by atoms with Crippen LogP contribution in [0.2, 0.25) is 5.02 Å². The number of aliphatic hydroxyl groups excluding tert-OH is 1. The predicted molar refractivity (Wildman–Crippen MR) is 76.5 cm³/mol. The van der Waals surface area contributed by atoms with Crippen molar-refractivity contribution in [1.82, 2.24) is 0 Å². The van der Waals surface area contributed by atoms with Crippen molar-refractivity contribution < 1.29 is 22.7 Å². The van der Waals surface area contributed by atoms with Gasteiger partial charge >= 0.3 is 6.18 Å². The quantitative estimate of drug-likeness (QED) is 0.805. The largest absolute Gasteiger partial charge is 0.405 e. The highest BCUT2D eigenvalue weighted by Crippen LogP contribution is 2.32. The van der Waals surface area contributed by atoms with Crippen LogP contribution in [0.5, 0.6) is 0 Å². The van der Waals surface area contributed by atoms with Crippen LogP contribution in [0.15, 0.2) is 42.5 Å². The smallest absolute Gasteiger partial charge is 0.383 e. The maximum Gasteiger partial charge on any atom is 0.405 e. The average Bonchev–Trinajstić information content (AvgIpc) is 2.45. The fraction of sp³-hybridized carbons (Fsp3) is 0.200. The molecule has 0 saturated carbocycles. The van der Waals surface area contributed by atoms with Gasteiger partial charge in [-0.2, -0.15) is 13.2 Å². The molecular weight excluding hydrogens is 322 g/mol. The van der Waals surface area contributed by atoms with Crippen LogP contribution >= 0.6 is 11.6 Å². The number of anilines is 1. The monoisotopic (exact) mass is 333 g/mol. The Hall–Kier alpha value is -1.79. The minimum Gasteiger partial charge on any atom is -0.383 e. The molecular formula is C15H12ClF4NO. The first kappa shape index (κ1) is 16.6. The van der Waals surface area contributed by atoms with Gasteiger partial charge in [-0.3, -0.25) is 0 Å². The molecule has 0 saturated heterocycles. The zero-order valence-corrected chi connectivity index (χ0v) is 11.9. The van der Waals surface area contributed by atoms with E-state index in [4.69, 9.17) is 11.6 Å². The van der Waals surface area contributed by atoms with Crippen LogP contribution in [0.3, 0.4) is 0 Å². The molecule has 0 aliphatic carbocycles. The molecule has 1 atom stereocenters. The molecule has 0 aliphatic rings. The van der Waals surface area contributed by atoms with Gasteiger partial charge in [-0.25, -0.2) is 4.39 Å². The Morgan fingerprint density at radius 3 is 2.41 bits per heavy atom. The van der Waals surface area contributed by atoms with Crippen molar-refractivity contribution in [1.29, 1.82) is 0 Å². The Labute approximate surface area is 129 Å². The maximum atomic E-state index is 13.7. The Morgan fingerprint density at radius 2 is 1.77 bits per heavy atom. The van der Waals surface area contributed by atoms with Gasteiger partial charge in [-0.1, -0.05) is 29.8 Å². The van der Waals surface area contributed by atoms with Gasteiger partial charge in [-0.05, 0) is 24.3 Å². The first-order valence-electron chi connectivity index (χ1n) is 6.30. The lowest BCUT2D eigenvalue weighted by Gasteiger charge is -2.19. The minimum absolute atomic E-state index is 0.0393. The first-order valence-corrected chi connectivity index (χ1v) is 6.68. The number of hydrogen-bond donors (Lipinski definition) is 2. The molecule has 0 bridgehead atoms. The second-order valence-corrected chi connectivity index (χ2v) is 5.06. The lowest BCUT2D eigenvalue weighted by molar-refractivity contribution is -0.115. The summed E-state index contributed by atoms with van der Waals surface area (Å²) >= 11 is 5.82. The lowest BCUT2D eigenvalue weighted by Crippen LogP contribution is -2.22. The summed E-state index contributed by atoms with van der Waals surface area (Å²) in [4.78, 5) is 0. The molecule has 2 aromatic carbocycles. The van der Waals surface area contributed by atoms with E-state index in [0.717, 1.165) is 6.07 Å². The summed E-state index contributed by atoms with van der Waals surface area (Å²) in [6.45, 7) is -1.27. The molecule has 2 N–H and O–H groups in total. The van der Waals surface area contributed by atoms with E-state index in [9.17, 15) is 22.7 Å². The highest BCUT2D eigenvalue weighted by molar-refractivity contribution is 6.30. The number of nitrogens with one attached hydrogen (secondary N) is 1. The average molecular weight is 334 g/mol. The van der Waals surface area contributed by atoms with Gasteiger partial charge < -0.3 is 10.4 Å².